The average molecular weight is 308 g/mol. The first kappa shape index (κ1) is 17.0. The van der Waals surface area contributed by atoms with Crippen LogP contribution >= 0.6 is 12.2 Å². The number of thiocarbonyl (C=S) groups is 1. The standard InChI is InChI=1S/C14H20N4O2S/c1-14(2,3)18-11(19)6-7-16-13(20)10-5-4-9(8-17-10)12(15)21/h4-5,8H,6-7H2,1-3H3,(H2,15,21)(H,16,20)(H,18,19). The number of nitrogens with zero attached hydrogens (tertiary/aromatic N) is 1. The van der Waals surface area contributed by atoms with Gasteiger partial charge in [0, 0.05) is 30.3 Å². The molecular formula is C14H20N4O2S. The Bertz CT molecular complexity index is 535. The van der Waals surface area contributed by atoms with E-state index in [-0.39, 0.29) is 41.0 Å². The van der Waals surface area contributed by atoms with Gasteiger partial charge in [0.2, 0.25) is 5.91 Å². The minimum Gasteiger partial charge on any atom is -0.389 e. The van der Waals surface area contributed by atoms with Gasteiger partial charge in [0.1, 0.15) is 10.7 Å². The lowest BCUT2D eigenvalue weighted by Crippen LogP contribution is -2.42. The molecule has 0 bridgehead atoms. The fourth-order valence-electron chi connectivity index (χ4n) is 1.53. The summed E-state index contributed by atoms with van der Waals surface area (Å²) in [6.07, 6.45) is 1.66. The van der Waals surface area contributed by atoms with E-state index in [0.29, 0.717) is 5.56 Å². The normalized spacial score (nSPS) is 10.8. The van der Waals surface area contributed by atoms with Crippen LogP contribution in [-0.2, 0) is 4.79 Å². The number of nitrogens with one attached hydrogen (secondary N) is 2. The Morgan fingerprint density at radius 3 is 2.48 bits per heavy atom. The van der Waals surface area contributed by atoms with Crippen molar-refractivity contribution in [1.82, 2.24) is 15.6 Å². The van der Waals surface area contributed by atoms with E-state index in [4.69, 9.17) is 18.0 Å². The Kier molecular flexibility index (Phi) is 5.78. The smallest absolute Gasteiger partial charge is 0.269 e. The van der Waals surface area contributed by atoms with Crippen LogP contribution in [0, 0.1) is 0 Å². The summed E-state index contributed by atoms with van der Waals surface area (Å²) in [5, 5.41) is 5.46. The third-order valence-electron chi connectivity index (χ3n) is 2.43. The second-order valence-electron chi connectivity index (χ2n) is 5.60. The molecule has 7 heteroatoms. The minimum absolute atomic E-state index is 0.111. The van der Waals surface area contributed by atoms with E-state index in [9.17, 15) is 9.59 Å². The number of hydrogen-bond donors (Lipinski definition) is 3. The number of aromatic nitrogens is 1. The Hall–Kier alpha value is -2.02. The maximum Gasteiger partial charge on any atom is 0.269 e. The fraction of sp³-hybridized carbons (Fsp3) is 0.429. The first-order chi connectivity index (χ1) is 9.69. The molecule has 4 N–H and O–H groups in total. The van der Waals surface area contributed by atoms with Crippen molar-refractivity contribution in [2.45, 2.75) is 32.7 Å². The van der Waals surface area contributed by atoms with Crippen LogP contribution in [0.25, 0.3) is 0 Å². The van der Waals surface area contributed by atoms with Crippen molar-refractivity contribution in [1.29, 1.82) is 0 Å². The Morgan fingerprint density at radius 1 is 1.33 bits per heavy atom. The van der Waals surface area contributed by atoms with Crippen LogP contribution in [0.1, 0.15) is 43.2 Å². The van der Waals surface area contributed by atoms with Gasteiger partial charge in [-0.3, -0.25) is 14.6 Å². The molecule has 1 aromatic rings. The Labute approximate surface area is 129 Å². The third kappa shape index (κ3) is 6.31. The predicted molar refractivity (Wildman–Crippen MR) is 85.0 cm³/mol. The van der Waals surface area contributed by atoms with E-state index >= 15 is 0 Å². The molecule has 0 spiro atoms. The average Bonchev–Trinajstić information content (AvgIpc) is 2.36. The number of amides is 2. The molecule has 1 heterocycles. The zero-order chi connectivity index (χ0) is 16.0. The number of pyridine rings is 1. The van der Waals surface area contributed by atoms with Crippen LogP contribution < -0.4 is 16.4 Å². The Morgan fingerprint density at radius 2 is 2.00 bits per heavy atom. The molecular weight excluding hydrogens is 288 g/mol. The molecule has 0 aliphatic carbocycles. The van der Waals surface area contributed by atoms with Crippen molar-refractivity contribution in [3.05, 3.63) is 29.6 Å². The number of carbonyl (C=O) groups is 2. The monoisotopic (exact) mass is 308 g/mol. The number of rotatable bonds is 5. The summed E-state index contributed by atoms with van der Waals surface area (Å²) in [7, 11) is 0. The highest BCUT2D eigenvalue weighted by atomic mass is 32.1. The zero-order valence-electron chi connectivity index (χ0n) is 12.4. The summed E-state index contributed by atoms with van der Waals surface area (Å²) >= 11 is 4.81. The molecule has 2 amide bonds. The van der Waals surface area contributed by atoms with E-state index in [1.165, 1.54) is 6.20 Å². The lowest BCUT2D eigenvalue weighted by molar-refractivity contribution is -0.122. The molecule has 0 unspecified atom stereocenters. The van der Waals surface area contributed by atoms with Crippen molar-refractivity contribution < 1.29 is 9.59 Å². The van der Waals surface area contributed by atoms with Gasteiger partial charge in [0.05, 0.1) is 0 Å². The van der Waals surface area contributed by atoms with Crippen molar-refractivity contribution in [3.63, 3.8) is 0 Å². The summed E-state index contributed by atoms with van der Waals surface area (Å²) in [5.41, 5.74) is 6.03. The van der Waals surface area contributed by atoms with Crippen LogP contribution in [0.4, 0.5) is 0 Å². The molecule has 0 saturated carbocycles. The van der Waals surface area contributed by atoms with E-state index in [0.717, 1.165) is 0 Å². The molecule has 1 aromatic heterocycles. The number of carbonyl (C=O) groups excluding carboxylic acids is 2. The van der Waals surface area contributed by atoms with Crippen molar-refractivity contribution >= 4 is 29.0 Å². The van der Waals surface area contributed by atoms with E-state index in [1.807, 2.05) is 20.8 Å². The van der Waals surface area contributed by atoms with Gasteiger partial charge in [-0.05, 0) is 32.9 Å². The van der Waals surface area contributed by atoms with Crippen LogP contribution in [0.2, 0.25) is 0 Å². The van der Waals surface area contributed by atoms with Gasteiger partial charge in [-0.25, -0.2) is 0 Å². The molecule has 0 aromatic carbocycles. The molecule has 6 nitrogen and oxygen atoms in total. The lowest BCUT2D eigenvalue weighted by atomic mass is 10.1. The van der Waals surface area contributed by atoms with Gasteiger partial charge < -0.3 is 16.4 Å². The lowest BCUT2D eigenvalue weighted by Gasteiger charge is -2.20. The second-order valence-corrected chi connectivity index (χ2v) is 6.04. The third-order valence-corrected chi connectivity index (χ3v) is 2.67. The van der Waals surface area contributed by atoms with Crippen LogP contribution in [0.5, 0.6) is 0 Å². The summed E-state index contributed by atoms with van der Waals surface area (Å²) < 4.78 is 0. The van der Waals surface area contributed by atoms with E-state index < -0.39 is 0 Å². The molecule has 0 aliphatic heterocycles. The summed E-state index contributed by atoms with van der Waals surface area (Å²) in [4.78, 5) is 27.6. The molecule has 0 saturated heterocycles. The highest BCUT2D eigenvalue weighted by molar-refractivity contribution is 7.80. The molecule has 0 aliphatic rings. The molecule has 114 valence electrons. The first-order valence-electron chi connectivity index (χ1n) is 6.54. The van der Waals surface area contributed by atoms with Gasteiger partial charge >= 0.3 is 0 Å². The number of hydrogen-bond acceptors (Lipinski definition) is 4. The van der Waals surface area contributed by atoms with Gasteiger partial charge in [-0.1, -0.05) is 12.2 Å². The summed E-state index contributed by atoms with van der Waals surface area (Å²) in [6, 6.07) is 3.18. The summed E-state index contributed by atoms with van der Waals surface area (Å²) in [6.45, 7) is 5.95. The topological polar surface area (TPSA) is 97.1 Å². The van der Waals surface area contributed by atoms with Crippen LogP contribution in [0.15, 0.2) is 18.3 Å². The van der Waals surface area contributed by atoms with Crippen LogP contribution in [-0.4, -0.2) is 33.9 Å². The zero-order valence-corrected chi connectivity index (χ0v) is 13.2. The largest absolute Gasteiger partial charge is 0.389 e. The quantitative estimate of drug-likeness (QED) is 0.697. The molecule has 1 rings (SSSR count). The van der Waals surface area contributed by atoms with Gasteiger partial charge in [0.15, 0.2) is 0 Å². The highest BCUT2D eigenvalue weighted by Crippen LogP contribution is 2.01. The van der Waals surface area contributed by atoms with Crippen LogP contribution in [0.3, 0.4) is 0 Å². The maximum atomic E-state index is 11.8. The molecule has 0 radical (unpaired) electrons. The maximum absolute atomic E-state index is 11.8. The van der Waals surface area contributed by atoms with Gasteiger partial charge in [-0.15, -0.1) is 0 Å². The second kappa shape index (κ2) is 7.12. The molecule has 0 atom stereocenters. The fourth-order valence-corrected chi connectivity index (χ4v) is 1.66. The van der Waals surface area contributed by atoms with Crippen molar-refractivity contribution in [2.75, 3.05) is 6.54 Å². The van der Waals surface area contributed by atoms with Gasteiger partial charge in [-0.2, -0.15) is 0 Å². The first-order valence-corrected chi connectivity index (χ1v) is 6.95. The van der Waals surface area contributed by atoms with Gasteiger partial charge in [0.25, 0.3) is 5.91 Å². The van der Waals surface area contributed by atoms with Crippen molar-refractivity contribution in [2.24, 2.45) is 5.73 Å². The number of nitrogens with two attached hydrogens (primary N) is 1. The van der Waals surface area contributed by atoms with E-state index in [2.05, 4.69) is 15.6 Å². The Balaban J connectivity index is 2.44. The van der Waals surface area contributed by atoms with Crippen molar-refractivity contribution in [3.8, 4) is 0 Å². The minimum atomic E-state index is -0.340. The highest BCUT2D eigenvalue weighted by Gasteiger charge is 2.14. The molecule has 0 fully saturated rings. The predicted octanol–water partition coefficient (Wildman–Crippen LogP) is 0.750. The van der Waals surface area contributed by atoms with E-state index in [1.54, 1.807) is 12.1 Å². The SMILES string of the molecule is CC(C)(C)NC(=O)CCNC(=O)c1ccc(C(N)=S)cn1. The summed E-state index contributed by atoms with van der Waals surface area (Å²) in [5.74, 6) is -0.451. The molecule has 21 heavy (non-hydrogen) atoms.